The molecule has 3 aromatic carbocycles. The normalized spacial score (nSPS) is 11.6. The third kappa shape index (κ3) is 4.15. The third-order valence-corrected chi connectivity index (χ3v) is 4.73. The first kappa shape index (κ1) is 18.8. The number of fused-ring (bicyclic) bond motifs is 1. The van der Waals surface area contributed by atoms with Crippen molar-refractivity contribution in [2.75, 3.05) is 6.61 Å². The number of hydrogen-bond donors (Lipinski definition) is 1. The van der Waals surface area contributed by atoms with E-state index in [0.29, 0.717) is 27.6 Å². The van der Waals surface area contributed by atoms with Crippen LogP contribution in [0.15, 0.2) is 93.2 Å². The van der Waals surface area contributed by atoms with Crippen molar-refractivity contribution in [1.82, 2.24) is 0 Å². The van der Waals surface area contributed by atoms with Crippen molar-refractivity contribution in [3.8, 4) is 16.9 Å². The molecule has 1 aromatic heterocycles. The molecule has 0 radical (unpaired) electrons. The summed E-state index contributed by atoms with van der Waals surface area (Å²) in [6, 6.07) is 23.3. The van der Waals surface area contributed by atoms with Gasteiger partial charge in [-0.15, -0.1) is 0 Å². The minimum atomic E-state index is -0.438. The Morgan fingerprint density at radius 2 is 1.76 bits per heavy atom. The van der Waals surface area contributed by atoms with E-state index in [1.807, 2.05) is 36.4 Å². The van der Waals surface area contributed by atoms with Gasteiger partial charge in [-0.2, -0.15) is 0 Å². The van der Waals surface area contributed by atoms with Crippen LogP contribution in [0, 0.1) is 0 Å². The van der Waals surface area contributed by atoms with Gasteiger partial charge in [-0.1, -0.05) is 59.2 Å². The predicted molar refractivity (Wildman–Crippen MR) is 113 cm³/mol. The van der Waals surface area contributed by atoms with Crippen molar-refractivity contribution >= 4 is 28.3 Å². The topological polar surface area (TPSA) is 72.0 Å². The maximum Gasteiger partial charge on any atom is 0.336 e. The largest absolute Gasteiger partial charge is 0.487 e. The molecule has 4 rings (SSSR count). The van der Waals surface area contributed by atoms with Crippen LogP contribution in [0.25, 0.3) is 22.1 Å². The zero-order chi connectivity index (χ0) is 20.2. The molecule has 0 atom stereocenters. The number of halogens is 1. The van der Waals surface area contributed by atoms with E-state index in [9.17, 15) is 10.0 Å². The van der Waals surface area contributed by atoms with Crippen LogP contribution in [0.3, 0.4) is 0 Å². The van der Waals surface area contributed by atoms with E-state index in [0.717, 1.165) is 16.5 Å². The van der Waals surface area contributed by atoms with Crippen LogP contribution < -0.4 is 10.4 Å². The van der Waals surface area contributed by atoms with Gasteiger partial charge in [0.1, 0.15) is 23.7 Å². The molecule has 0 fully saturated rings. The molecule has 0 aliphatic rings. The molecule has 0 aliphatic heterocycles. The van der Waals surface area contributed by atoms with Crippen LogP contribution in [-0.2, 0) is 0 Å². The second kappa shape index (κ2) is 8.20. The van der Waals surface area contributed by atoms with Crippen LogP contribution in [0.1, 0.15) is 5.56 Å². The number of ether oxygens (including phenoxy) is 1. The molecule has 0 saturated heterocycles. The lowest BCUT2D eigenvalue weighted by molar-refractivity contribution is 0.308. The standard InChI is InChI=1S/C23H16ClNO4/c24-17-8-6-16(7-9-17)21(25-27)14-28-18-10-11-19-20(15-4-2-1-3-5-15)13-23(26)29-22(19)12-18/h1-13,27H,14H2/b25-21+. The first-order valence-electron chi connectivity index (χ1n) is 8.87. The van der Waals surface area contributed by atoms with Gasteiger partial charge in [0.2, 0.25) is 0 Å². The molecule has 0 aliphatic carbocycles. The highest BCUT2D eigenvalue weighted by atomic mass is 35.5. The summed E-state index contributed by atoms with van der Waals surface area (Å²) in [6.07, 6.45) is 0. The molecule has 4 aromatic rings. The van der Waals surface area contributed by atoms with Crippen molar-refractivity contribution in [3.05, 3.63) is 99.9 Å². The quantitative estimate of drug-likeness (QED) is 0.210. The van der Waals surface area contributed by atoms with Crippen molar-refractivity contribution in [1.29, 1.82) is 0 Å². The van der Waals surface area contributed by atoms with Gasteiger partial charge in [0, 0.05) is 28.1 Å². The van der Waals surface area contributed by atoms with E-state index in [1.165, 1.54) is 6.07 Å². The summed E-state index contributed by atoms with van der Waals surface area (Å²) in [4.78, 5) is 12.0. The Morgan fingerprint density at radius 1 is 1.00 bits per heavy atom. The summed E-state index contributed by atoms with van der Waals surface area (Å²) in [7, 11) is 0. The van der Waals surface area contributed by atoms with Crippen molar-refractivity contribution in [3.63, 3.8) is 0 Å². The number of rotatable bonds is 5. The van der Waals surface area contributed by atoms with Gasteiger partial charge in [-0.25, -0.2) is 4.79 Å². The summed E-state index contributed by atoms with van der Waals surface area (Å²) in [6.45, 7) is 0.0340. The summed E-state index contributed by atoms with van der Waals surface area (Å²) in [5.74, 6) is 0.487. The average molecular weight is 406 g/mol. The van der Waals surface area contributed by atoms with Gasteiger partial charge in [-0.05, 0) is 35.4 Å². The van der Waals surface area contributed by atoms with Crippen molar-refractivity contribution < 1.29 is 14.4 Å². The van der Waals surface area contributed by atoms with E-state index in [-0.39, 0.29) is 6.61 Å². The lowest BCUT2D eigenvalue weighted by atomic mass is 10.0. The van der Waals surface area contributed by atoms with Gasteiger partial charge in [0.15, 0.2) is 0 Å². The second-order valence-corrected chi connectivity index (χ2v) is 6.78. The highest BCUT2D eigenvalue weighted by Gasteiger charge is 2.10. The van der Waals surface area contributed by atoms with Gasteiger partial charge >= 0.3 is 5.63 Å². The Labute approximate surface area is 171 Å². The highest BCUT2D eigenvalue weighted by Crippen LogP contribution is 2.29. The minimum Gasteiger partial charge on any atom is -0.487 e. The maximum absolute atomic E-state index is 12.0. The number of nitrogens with zero attached hydrogens (tertiary/aromatic N) is 1. The van der Waals surface area contributed by atoms with E-state index in [2.05, 4.69) is 5.16 Å². The molecule has 0 saturated carbocycles. The summed E-state index contributed by atoms with van der Waals surface area (Å²) < 4.78 is 11.1. The van der Waals surface area contributed by atoms with Gasteiger partial charge in [0.25, 0.3) is 0 Å². The fourth-order valence-electron chi connectivity index (χ4n) is 3.05. The molecule has 144 valence electrons. The van der Waals surface area contributed by atoms with Crippen LogP contribution in [0.5, 0.6) is 5.75 Å². The number of hydrogen-bond acceptors (Lipinski definition) is 5. The fourth-order valence-corrected chi connectivity index (χ4v) is 3.18. The highest BCUT2D eigenvalue weighted by molar-refractivity contribution is 6.30. The van der Waals surface area contributed by atoms with E-state index >= 15 is 0 Å². The van der Waals surface area contributed by atoms with E-state index < -0.39 is 5.63 Å². The fraction of sp³-hybridized carbons (Fsp3) is 0.0435. The van der Waals surface area contributed by atoms with Crippen LogP contribution in [-0.4, -0.2) is 17.5 Å². The van der Waals surface area contributed by atoms with Crippen LogP contribution >= 0.6 is 11.6 Å². The van der Waals surface area contributed by atoms with Gasteiger partial charge < -0.3 is 14.4 Å². The second-order valence-electron chi connectivity index (χ2n) is 6.35. The molecule has 0 bridgehead atoms. The predicted octanol–water partition coefficient (Wildman–Crippen LogP) is 5.37. The average Bonchev–Trinajstić information content (AvgIpc) is 2.75. The molecule has 0 amide bonds. The summed E-state index contributed by atoms with van der Waals surface area (Å²) in [5.41, 5.74) is 2.74. The summed E-state index contributed by atoms with van der Waals surface area (Å²) >= 11 is 5.89. The zero-order valence-electron chi connectivity index (χ0n) is 15.2. The lowest BCUT2D eigenvalue weighted by Crippen LogP contribution is -2.13. The molecule has 29 heavy (non-hydrogen) atoms. The Balaban J connectivity index is 1.62. The Morgan fingerprint density at radius 3 is 2.48 bits per heavy atom. The zero-order valence-corrected chi connectivity index (χ0v) is 16.0. The Hall–Kier alpha value is -3.57. The number of benzene rings is 3. The first-order valence-corrected chi connectivity index (χ1v) is 9.25. The Kier molecular flexibility index (Phi) is 5.31. The summed E-state index contributed by atoms with van der Waals surface area (Å²) in [5, 5.41) is 14.0. The lowest BCUT2D eigenvalue weighted by Gasteiger charge is -2.10. The van der Waals surface area contributed by atoms with E-state index in [4.69, 9.17) is 20.8 Å². The molecule has 0 spiro atoms. The SMILES string of the molecule is O=c1cc(-c2ccccc2)c2ccc(OC/C(=N\O)c3ccc(Cl)cc3)cc2o1. The smallest absolute Gasteiger partial charge is 0.336 e. The van der Waals surface area contributed by atoms with Crippen LogP contribution in [0.2, 0.25) is 5.02 Å². The maximum atomic E-state index is 12.0. The molecule has 6 heteroatoms. The van der Waals surface area contributed by atoms with Crippen LogP contribution in [0.4, 0.5) is 0 Å². The van der Waals surface area contributed by atoms with E-state index in [1.54, 1.807) is 36.4 Å². The monoisotopic (exact) mass is 405 g/mol. The molecular formula is C23H16ClNO4. The minimum absolute atomic E-state index is 0.0340. The molecule has 1 heterocycles. The van der Waals surface area contributed by atoms with Crippen molar-refractivity contribution in [2.45, 2.75) is 0 Å². The molecular weight excluding hydrogens is 390 g/mol. The molecule has 1 N–H and O–H groups in total. The first-order chi connectivity index (χ1) is 14.1. The Bertz CT molecular complexity index is 1230. The van der Waals surface area contributed by atoms with Gasteiger partial charge in [-0.3, -0.25) is 0 Å². The molecule has 0 unspecified atom stereocenters. The van der Waals surface area contributed by atoms with Crippen molar-refractivity contribution in [2.24, 2.45) is 5.16 Å². The molecule has 5 nitrogen and oxygen atoms in total. The number of oxime groups is 1. The van der Waals surface area contributed by atoms with Gasteiger partial charge in [0.05, 0.1) is 0 Å². The third-order valence-electron chi connectivity index (χ3n) is 4.47.